The Labute approximate surface area is 146 Å². The van der Waals surface area contributed by atoms with Crippen LogP contribution in [0.25, 0.3) is 0 Å². The van der Waals surface area contributed by atoms with Gasteiger partial charge in [0.1, 0.15) is 0 Å². The molecule has 0 atom stereocenters. The van der Waals surface area contributed by atoms with E-state index in [0.29, 0.717) is 23.7 Å². The van der Waals surface area contributed by atoms with Gasteiger partial charge in [-0.15, -0.1) is 0 Å². The smallest absolute Gasteiger partial charge is 0.262 e. The fraction of sp³-hybridized carbons (Fsp3) is 0.235. The van der Waals surface area contributed by atoms with E-state index in [1.54, 1.807) is 13.0 Å². The number of nitrogens with one attached hydrogen (secondary N) is 1. The number of carbonyl (C=O) groups excluding carboxylic acids is 1. The van der Waals surface area contributed by atoms with Gasteiger partial charge in [0.25, 0.3) is 10.0 Å². The van der Waals surface area contributed by atoms with Crippen molar-refractivity contribution in [3.63, 3.8) is 0 Å². The van der Waals surface area contributed by atoms with Crippen molar-refractivity contribution in [3.8, 4) is 11.5 Å². The fourth-order valence-electron chi connectivity index (χ4n) is 2.23. The van der Waals surface area contributed by atoms with Crippen molar-refractivity contribution in [3.05, 3.63) is 47.5 Å². The Morgan fingerprint density at radius 1 is 1.16 bits per heavy atom. The normalized spacial score (nSPS) is 11.0. The van der Waals surface area contributed by atoms with E-state index in [-0.39, 0.29) is 16.1 Å². The molecule has 2 aromatic rings. The van der Waals surface area contributed by atoms with E-state index >= 15 is 0 Å². The van der Waals surface area contributed by atoms with E-state index in [0.717, 1.165) is 6.07 Å². The number of anilines is 1. The molecule has 0 aliphatic carbocycles. The second-order valence-electron chi connectivity index (χ2n) is 5.17. The summed E-state index contributed by atoms with van der Waals surface area (Å²) in [5, 5.41) is 11.0. The van der Waals surface area contributed by atoms with Gasteiger partial charge in [0.05, 0.1) is 30.3 Å². The van der Waals surface area contributed by atoms with Crippen molar-refractivity contribution in [2.45, 2.75) is 18.7 Å². The van der Waals surface area contributed by atoms with E-state index < -0.39 is 16.0 Å². The van der Waals surface area contributed by atoms with Crippen LogP contribution in [-0.4, -0.2) is 28.1 Å². The van der Waals surface area contributed by atoms with Gasteiger partial charge in [0, 0.05) is 6.07 Å². The van der Waals surface area contributed by atoms with Crippen LogP contribution in [0.3, 0.4) is 0 Å². The lowest BCUT2D eigenvalue weighted by Crippen LogP contribution is -2.23. The number of hydrogen-bond acceptors (Lipinski definition) is 6. The molecule has 2 rings (SSSR count). The van der Waals surface area contributed by atoms with Gasteiger partial charge >= 0.3 is 0 Å². The van der Waals surface area contributed by atoms with Crippen molar-refractivity contribution in [2.75, 3.05) is 18.4 Å². The highest BCUT2D eigenvalue weighted by Gasteiger charge is 2.19. The number of rotatable bonds is 7. The highest BCUT2D eigenvalue weighted by atomic mass is 32.2. The van der Waals surface area contributed by atoms with E-state index in [1.165, 1.54) is 31.4 Å². The Morgan fingerprint density at radius 2 is 1.88 bits per heavy atom. The summed E-state index contributed by atoms with van der Waals surface area (Å²) in [7, 11) is -2.54. The highest BCUT2D eigenvalue weighted by Crippen LogP contribution is 2.31. The van der Waals surface area contributed by atoms with E-state index in [4.69, 9.17) is 9.47 Å². The molecule has 0 unspecified atom stereocenters. The first-order chi connectivity index (χ1) is 11.8. The summed E-state index contributed by atoms with van der Waals surface area (Å²) in [5.74, 6) is -0.579. The molecule has 0 bridgehead atoms. The molecule has 0 saturated heterocycles. The van der Waals surface area contributed by atoms with Crippen LogP contribution in [0.1, 0.15) is 22.8 Å². The summed E-state index contributed by atoms with van der Waals surface area (Å²) in [5.41, 5.74) is 0.462. The zero-order valence-electron chi connectivity index (χ0n) is 14.0. The third kappa shape index (κ3) is 4.21. The minimum Gasteiger partial charge on any atom is -0.545 e. The summed E-state index contributed by atoms with van der Waals surface area (Å²) in [4.78, 5) is 10.8. The number of carbonyl (C=O) groups is 1. The summed E-state index contributed by atoms with van der Waals surface area (Å²) in [6.45, 7) is 3.84. The second-order valence-corrected chi connectivity index (χ2v) is 6.82. The van der Waals surface area contributed by atoms with Gasteiger partial charge in [-0.25, -0.2) is 8.42 Å². The standard InChI is InChI=1S/C17H19NO6S/c1-4-24-14-8-7-13(10-15(14)23-3)18-25(21,22)16-9-12(17(19)20)6-5-11(16)2/h5-10,18H,4H2,1-3H3,(H,19,20)/p-1. The highest BCUT2D eigenvalue weighted by molar-refractivity contribution is 7.92. The largest absolute Gasteiger partial charge is 0.545 e. The number of hydrogen-bond donors (Lipinski definition) is 1. The topological polar surface area (TPSA) is 105 Å². The Hall–Kier alpha value is -2.74. The molecular formula is C17H18NO6S-. The minimum absolute atomic E-state index is 0.137. The number of aryl methyl sites for hydroxylation is 1. The number of carboxylic acids is 1. The molecule has 0 heterocycles. The first-order valence-corrected chi connectivity index (χ1v) is 8.92. The van der Waals surface area contributed by atoms with Crippen LogP contribution in [0.2, 0.25) is 0 Å². The van der Waals surface area contributed by atoms with Crippen LogP contribution < -0.4 is 19.3 Å². The van der Waals surface area contributed by atoms with Gasteiger partial charge in [-0.3, -0.25) is 4.72 Å². The minimum atomic E-state index is -3.99. The summed E-state index contributed by atoms with van der Waals surface area (Å²) in [6, 6.07) is 8.38. The van der Waals surface area contributed by atoms with Gasteiger partial charge in [-0.1, -0.05) is 12.1 Å². The quantitative estimate of drug-likeness (QED) is 0.799. The van der Waals surface area contributed by atoms with Crippen molar-refractivity contribution in [1.29, 1.82) is 0 Å². The molecule has 0 amide bonds. The maximum atomic E-state index is 12.6. The van der Waals surface area contributed by atoms with E-state index in [2.05, 4.69) is 4.72 Å². The molecule has 1 N–H and O–H groups in total. The maximum absolute atomic E-state index is 12.6. The number of carboxylic acid groups (broad SMARTS) is 1. The van der Waals surface area contributed by atoms with Gasteiger partial charge < -0.3 is 19.4 Å². The number of ether oxygens (including phenoxy) is 2. The average Bonchev–Trinajstić information content (AvgIpc) is 2.56. The molecule has 0 radical (unpaired) electrons. The van der Waals surface area contributed by atoms with Crippen LogP contribution in [0.4, 0.5) is 5.69 Å². The van der Waals surface area contributed by atoms with Crippen molar-refractivity contribution in [2.24, 2.45) is 0 Å². The fourth-order valence-corrected chi connectivity index (χ4v) is 3.55. The average molecular weight is 364 g/mol. The maximum Gasteiger partial charge on any atom is 0.262 e. The Balaban J connectivity index is 2.39. The van der Waals surface area contributed by atoms with Crippen LogP contribution in [-0.2, 0) is 10.0 Å². The molecule has 7 nitrogen and oxygen atoms in total. The Morgan fingerprint density at radius 3 is 2.48 bits per heavy atom. The molecule has 0 aromatic heterocycles. The van der Waals surface area contributed by atoms with Crippen molar-refractivity contribution < 1.29 is 27.8 Å². The van der Waals surface area contributed by atoms with Gasteiger partial charge in [-0.05, 0) is 43.2 Å². The number of methoxy groups -OCH3 is 1. The molecule has 134 valence electrons. The van der Waals surface area contributed by atoms with Gasteiger partial charge in [-0.2, -0.15) is 0 Å². The number of aromatic carboxylic acids is 1. The predicted molar refractivity (Wildman–Crippen MR) is 90.5 cm³/mol. The molecule has 2 aromatic carbocycles. The zero-order chi connectivity index (χ0) is 18.6. The molecule has 0 aliphatic rings. The van der Waals surface area contributed by atoms with E-state index in [1.807, 2.05) is 6.92 Å². The van der Waals surface area contributed by atoms with Crippen molar-refractivity contribution in [1.82, 2.24) is 0 Å². The number of benzene rings is 2. The lowest BCUT2D eigenvalue weighted by atomic mass is 10.1. The first-order valence-electron chi connectivity index (χ1n) is 7.44. The second kappa shape index (κ2) is 7.43. The van der Waals surface area contributed by atoms with Crippen LogP contribution in [0, 0.1) is 6.92 Å². The first kappa shape index (κ1) is 18.6. The Bertz CT molecular complexity index is 892. The Kier molecular flexibility index (Phi) is 5.53. The molecule has 0 saturated carbocycles. The van der Waals surface area contributed by atoms with Gasteiger partial charge in [0.15, 0.2) is 11.5 Å². The SMILES string of the molecule is CCOc1ccc(NS(=O)(=O)c2cc(C(=O)[O-])ccc2C)cc1OC. The lowest BCUT2D eigenvalue weighted by Gasteiger charge is -2.14. The molecule has 8 heteroatoms. The molecule has 0 aliphatic heterocycles. The number of sulfonamides is 1. The van der Waals surface area contributed by atoms with Crippen LogP contribution in [0.5, 0.6) is 11.5 Å². The summed E-state index contributed by atoms with van der Waals surface area (Å²) < 4.78 is 38.2. The summed E-state index contributed by atoms with van der Waals surface area (Å²) in [6.07, 6.45) is 0. The van der Waals surface area contributed by atoms with Crippen LogP contribution >= 0.6 is 0 Å². The molecule has 0 fully saturated rings. The summed E-state index contributed by atoms with van der Waals surface area (Å²) >= 11 is 0. The molecular weight excluding hydrogens is 346 g/mol. The van der Waals surface area contributed by atoms with Crippen LogP contribution in [0.15, 0.2) is 41.3 Å². The lowest BCUT2D eigenvalue weighted by molar-refractivity contribution is -0.255. The van der Waals surface area contributed by atoms with E-state index in [9.17, 15) is 18.3 Å². The molecule has 25 heavy (non-hydrogen) atoms. The third-order valence-corrected chi connectivity index (χ3v) is 4.95. The van der Waals surface area contributed by atoms with Crippen molar-refractivity contribution >= 4 is 21.7 Å². The zero-order valence-corrected chi connectivity index (χ0v) is 14.8. The molecule has 0 spiro atoms. The van der Waals surface area contributed by atoms with Gasteiger partial charge in [0.2, 0.25) is 0 Å². The monoisotopic (exact) mass is 364 g/mol. The predicted octanol–water partition coefficient (Wildman–Crippen LogP) is 1.57. The third-order valence-electron chi connectivity index (χ3n) is 3.43.